The van der Waals surface area contributed by atoms with E-state index in [0.29, 0.717) is 11.4 Å². The van der Waals surface area contributed by atoms with E-state index in [0.717, 1.165) is 30.8 Å². The van der Waals surface area contributed by atoms with Crippen LogP contribution in [-0.4, -0.2) is 38.2 Å². The molecule has 1 saturated carbocycles. The van der Waals surface area contributed by atoms with Gasteiger partial charge in [0.15, 0.2) is 5.75 Å². The fourth-order valence-corrected chi connectivity index (χ4v) is 2.78. The molecule has 0 bridgehead atoms. The third kappa shape index (κ3) is 2.91. The van der Waals surface area contributed by atoms with Crippen LogP contribution in [-0.2, 0) is 0 Å². The van der Waals surface area contributed by atoms with Crippen molar-refractivity contribution in [2.75, 3.05) is 0 Å². The zero-order valence-corrected chi connectivity index (χ0v) is 12.1. The lowest BCUT2D eigenvalue weighted by molar-refractivity contribution is 0.0889. The van der Waals surface area contributed by atoms with Crippen LogP contribution < -0.4 is 10.1 Å². The molecule has 7 heteroatoms. The molecule has 2 heterocycles. The van der Waals surface area contributed by atoms with E-state index in [-0.39, 0.29) is 18.1 Å². The third-order valence-electron chi connectivity index (χ3n) is 3.75. The molecule has 7 nitrogen and oxygen atoms in total. The largest absolute Gasteiger partial charge is 0.485 e. The van der Waals surface area contributed by atoms with E-state index in [4.69, 9.17) is 4.74 Å². The number of hydrogen-bond donors (Lipinski definition) is 3. The first-order valence-corrected chi connectivity index (χ1v) is 7.13. The van der Waals surface area contributed by atoms with Gasteiger partial charge >= 0.3 is 0 Å². The standard InChI is InChI=1S/C14H19N5O2/c1-8-13(18-9(2)17-8)14(20)19-11-4-3-5-12(11)21-10-6-15-16-7-10/h6-7,11-12H,3-5H2,1-2H3,(H,15,16)(H,17,18)(H,19,20)/t11-,12+/m0/s1. The lowest BCUT2D eigenvalue weighted by Crippen LogP contribution is -2.42. The molecule has 112 valence electrons. The van der Waals surface area contributed by atoms with Crippen molar-refractivity contribution in [3.63, 3.8) is 0 Å². The van der Waals surface area contributed by atoms with Crippen LogP contribution in [0.3, 0.4) is 0 Å². The lowest BCUT2D eigenvalue weighted by atomic mass is 10.2. The maximum absolute atomic E-state index is 12.3. The van der Waals surface area contributed by atoms with Crippen LogP contribution in [0.15, 0.2) is 12.4 Å². The predicted octanol–water partition coefficient (Wildman–Crippen LogP) is 1.48. The zero-order valence-electron chi connectivity index (χ0n) is 12.1. The predicted molar refractivity (Wildman–Crippen MR) is 76.2 cm³/mol. The Balaban J connectivity index is 1.66. The molecule has 1 fully saturated rings. The van der Waals surface area contributed by atoms with Crippen LogP contribution >= 0.6 is 0 Å². The van der Waals surface area contributed by atoms with Gasteiger partial charge < -0.3 is 15.0 Å². The summed E-state index contributed by atoms with van der Waals surface area (Å²) in [6.45, 7) is 3.69. The lowest BCUT2D eigenvalue weighted by Gasteiger charge is -2.21. The van der Waals surface area contributed by atoms with Crippen molar-refractivity contribution in [3.05, 3.63) is 29.6 Å². The second-order valence-electron chi connectivity index (χ2n) is 5.40. The number of imidazole rings is 1. The zero-order chi connectivity index (χ0) is 14.8. The van der Waals surface area contributed by atoms with Crippen LogP contribution in [0.4, 0.5) is 0 Å². The molecule has 3 N–H and O–H groups in total. The summed E-state index contributed by atoms with van der Waals surface area (Å²) in [5.74, 6) is 1.30. The van der Waals surface area contributed by atoms with E-state index in [1.807, 2.05) is 13.8 Å². The van der Waals surface area contributed by atoms with Gasteiger partial charge in [-0.3, -0.25) is 9.89 Å². The van der Waals surface area contributed by atoms with Gasteiger partial charge in [-0.15, -0.1) is 0 Å². The minimum Gasteiger partial charge on any atom is -0.485 e. The highest BCUT2D eigenvalue weighted by atomic mass is 16.5. The molecule has 3 rings (SSSR count). The van der Waals surface area contributed by atoms with Gasteiger partial charge in [0.1, 0.15) is 17.6 Å². The molecule has 21 heavy (non-hydrogen) atoms. The average molecular weight is 289 g/mol. The molecule has 2 aromatic rings. The summed E-state index contributed by atoms with van der Waals surface area (Å²) in [6, 6.07) is 0.00352. The summed E-state index contributed by atoms with van der Waals surface area (Å²) in [4.78, 5) is 19.6. The number of H-pyrrole nitrogens is 2. The van der Waals surface area contributed by atoms with E-state index < -0.39 is 0 Å². The minimum atomic E-state index is -0.149. The van der Waals surface area contributed by atoms with Crippen LogP contribution in [0.2, 0.25) is 0 Å². The Morgan fingerprint density at radius 2 is 2.29 bits per heavy atom. The highest BCUT2D eigenvalue weighted by Crippen LogP contribution is 2.24. The quantitative estimate of drug-likeness (QED) is 0.794. The first kappa shape index (κ1) is 13.7. The molecule has 0 aromatic carbocycles. The van der Waals surface area contributed by atoms with Crippen molar-refractivity contribution < 1.29 is 9.53 Å². The number of nitrogens with one attached hydrogen (secondary N) is 3. The van der Waals surface area contributed by atoms with Crippen molar-refractivity contribution in [2.24, 2.45) is 0 Å². The highest BCUT2D eigenvalue weighted by molar-refractivity contribution is 5.93. The van der Waals surface area contributed by atoms with E-state index in [9.17, 15) is 4.79 Å². The summed E-state index contributed by atoms with van der Waals surface area (Å²) in [6.07, 6.45) is 6.20. The number of aromatic nitrogens is 4. The Labute approximate surface area is 122 Å². The number of nitrogens with zero attached hydrogens (tertiary/aromatic N) is 2. The Morgan fingerprint density at radius 1 is 1.43 bits per heavy atom. The van der Waals surface area contributed by atoms with Crippen molar-refractivity contribution in [2.45, 2.75) is 45.3 Å². The maximum Gasteiger partial charge on any atom is 0.272 e. The third-order valence-corrected chi connectivity index (χ3v) is 3.75. The van der Waals surface area contributed by atoms with Crippen molar-refractivity contribution >= 4 is 5.91 Å². The van der Waals surface area contributed by atoms with E-state index in [1.165, 1.54) is 0 Å². The van der Waals surface area contributed by atoms with Crippen LogP contribution in [0.1, 0.15) is 41.3 Å². The number of hydrogen-bond acceptors (Lipinski definition) is 4. The number of aromatic amines is 2. The number of amides is 1. The Morgan fingerprint density at radius 3 is 2.95 bits per heavy atom. The fourth-order valence-electron chi connectivity index (χ4n) is 2.78. The van der Waals surface area contributed by atoms with Gasteiger partial charge in [0.05, 0.1) is 18.4 Å². The molecule has 1 aliphatic rings. The number of aryl methyl sites for hydroxylation is 2. The van der Waals surface area contributed by atoms with E-state index >= 15 is 0 Å². The van der Waals surface area contributed by atoms with Gasteiger partial charge in [0.25, 0.3) is 5.91 Å². The Kier molecular flexibility index (Phi) is 3.64. The van der Waals surface area contributed by atoms with Crippen LogP contribution in [0, 0.1) is 13.8 Å². The summed E-state index contributed by atoms with van der Waals surface area (Å²) < 4.78 is 5.86. The Bertz CT molecular complexity index is 619. The molecule has 1 amide bonds. The maximum atomic E-state index is 12.3. The second kappa shape index (κ2) is 5.59. The van der Waals surface area contributed by atoms with Crippen molar-refractivity contribution in [1.29, 1.82) is 0 Å². The minimum absolute atomic E-state index is 0.00352. The van der Waals surface area contributed by atoms with Crippen LogP contribution in [0.25, 0.3) is 0 Å². The normalized spacial score (nSPS) is 21.4. The van der Waals surface area contributed by atoms with Gasteiger partial charge in [-0.25, -0.2) is 4.98 Å². The fraction of sp³-hybridized carbons (Fsp3) is 0.500. The highest BCUT2D eigenvalue weighted by Gasteiger charge is 2.31. The van der Waals surface area contributed by atoms with E-state index in [1.54, 1.807) is 12.4 Å². The van der Waals surface area contributed by atoms with E-state index in [2.05, 4.69) is 25.5 Å². The molecular weight excluding hydrogens is 270 g/mol. The van der Waals surface area contributed by atoms with Gasteiger partial charge in [0.2, 0.25) is 0 Å². The van der Waals surface area contributed by atoms with Crippen molar-refractivity contribution in [1.82, 2.24) is 25.5 Å². The molecule has 0 radical (unpaired) electrons. The number of carbonyl (C=O) groups is 1. The first-order chi connectivity index (χ1) is 10.1. The molecule has 0 saturated heterocycles. The van der Waals surface area contributed by atoms with Crippen LogP contribution in [0.5, 0.6) is 5.75 Å². The second-order valence-corrected chi connectivity index (χ2v) is 5.40. The SMILES string of the molecule is Cc1nc(C(=O)N[C@H]2CCC[C@H]2Oc2cn[nH]c2)c(C)[nH]1. The molecule has 1 aliphatic carbocycles. The number of ether oxygens (including phenoxy) is 1. The van der Waals surface area contributed by atoms with Crippen molar-refractivity contribution in [3.8, 4) is 5.75 Å². The molecular formula is C14H19N5O2. The number of carbonyl (C=O) groups excluding carboxylic acids is 1. The Hall–Kier alpha value is -2.31. The first-order valence-electron chi connectivity index (χ1n) is 7.13. The summed E-state index contributed by atoms with van der Waals surface area (Å²) in [5, 5.41) is 9.61. The van der Waals surface area contributed by atoms with Gasteiger partial charge in [0, 0.05) is 5.69 Å². The van der Waals surface area contributed by atoms with Gasteiger partial charge in [-0.2, -0.15) is 5.10 Å². The van der Waals surface area contributed by atoms with Gasteiger partial charge in [-0.1, -0.05) is 0 Å². The monoisotopic (exact) mass is 289 g/mol. The molecule has 2 aromatic heterocycles. The average Bonchev–Trinajstić information content (AvgIpc) is 3.14. The molecule has 0 aliphatic heterocycles. The molecule has 0 spiro atoms. The van der Waals surface area contributed by atoms with Gasteiger partial charge in [-0.05, 0) is 33.1 Å². The molecule has 2 atom stereocenters. The summed E-state index contributed by atoms with van der Waals surface area (Å²) in [7, 11) is 0. The summed E-state index contributed by atoms with van der Waals surface area (Å²) in [5.41, 5.74) is 1.25. The summed E-state index contributed by atoms with van der Waals surface area (Å²) >= 11 is 0. The topological polar surface area (TPSA) is 95.7 Å². The molecule has 0 unspecified atom stereocenters. The number of rotatable bonds is 4. The smallest absolute Gasteiger partial charge is 0.272 e.